The topological polar surface area (TPSA) is 92.7 Å². The number of aliphatic hydroxyl groups excluding tert-OH is 1. The Labute approximate surface area is 134 Å². The summed E-state index contributed by atoms with van der Waals surface area (Å²) in [6.45, 7) is 0.0851. The molecule has 0 unspecified atom stereocenters. The molecule has 1 atom stereocenters. The Kier molecular flexibility index (Phi) is 5.76. The van der Waals surface area contributed by atoms with Gasteiger partial charge < -0.3 is 25.2 Å². The molecule has 0 fully saturated rings. The summed E-state index contributed by atoms with van der Waals surface area (Å²) in [5, 5.41) is 15.3. The van der Waals surface area contributed by atoms with Crippen molar-refractivity contribution in [1.82, 2.24) is 10.3 Å². The highest BCUT2D eigenvalue weighted by molar-refractivity contribution is 5.89. The van der Waals surface area contributed by atoms with E-state index in [9.17, 15) is 9.90 Å². The Balaban J connectivity index is 1.82. The minimum absolute atomic E-state index is 0.0851. The van der Waals surface area contributed by atoms with Gasteiger partial charge in [-0.3, -0.25) is 0 Å². The zero-order valence-electron chi connectivity index (χ0n) is 12.9. The molecular weight excluding hydrogens is 298 g/mol. The molecule has 0 spiro atoms. The van der Waals surface area contributed by atoms with E-state index in [2.05, 4.69) is 15.6 Å². The van der Waals surface area contributed by atoms with Crippen molar-refractivity contribution in [2.24, 2.45) is 0 Å². The molecule has 0 saturated heterocycles. The van der Waals surface area contributed by atoms with Crippen LogP contribution >= 0.6 is 0 Å². The number of rotatable bonds is 6. The van der Waals surface area contributed by atoms with Crippen LogP contribution in [0.3, 0.4) is 0 Å². The minimum Gasteiger partial charge on any atom is -0.497 e. The van der Waals surface area contributed by atoms with E-state index in [4.69, 9.17) is 9.47 Å². The number of methoxy groups -OCH3 is 2. The summed E-state index contributed by atoms with van der Waals surface area (Å²) >= 11 is 0. The van der Waals surface area contributed by atoms with E-state index < -0.39 is 12.1 Å². The average Bonchev–Trinajstić information content (AvgIpc) is 2.60. The zero-order chi connectivity index (χ0) is 16.7. The maximum absolute atomic E-state index is 11.8. The lowest BCUT2D eigenvalue weighted by molar-refractivity contribution is 0.175. The van der Waals surface area contributed by atoms with Gasteiger partial charge in [0.05, 0.1) is 32.2 Å². The van der Waals surface area contributed by atoms with Crippen LogP contribution in [0.15, 0.2) is 42.6 Å². The Morgan fingerprint density at radius 2 is 1.91 bits per heavy atom. The fourth-order valence-corrected chi connectivity index (χ4v) is 1.88. The summed E-state index contributed by atoms with van der Waals surface area (Å²) in [5.74, 6) is 1.17. The van der Waals surface area contributed by atoms with Crippen LogP contribution in [0.2, 0.25) is 0 Å². The molecule has 0 radical (unpaired) electrons. The third-order valence-electron chi connectivity index (χ3n) is 3.16. The Morgan fingerprint density at radius 3 is 2.48 bits per heavy atom. The fraction of sp³-hybridized carbons (Fsp3) is 0.250. The van der Waals surface area contributed by atoms with Crippen molar-refractivity contribution in [3.8, 4) is 11.6 Å². The number of hydrogen-bond acceptors (Lipinski definition) is 5. The Hall–Kier alpha value is -2.80. The number of aromatic nitrogens is 1. The number of urea groups is 1. The predicted molar refractivity (Wildman–Crippen MR) is 85.8 cm³/mol. The molecule has 3 N–H and O–H groups in total. The average molecular weight is 317 g/mol. The normalized spacial score (nSPS) is 11.4. The lowest BCUT2D eigenvalue weighted by Gasteiger charge is -2.13. The van der Waals surface area contributed by atoms with Gasteiger partial charge in [-0.1, -0.05) is 12.1 Å². The molecule has 1 heterocycles. The number of pyridine rings is 1. The van der Waals surface area contributed by atoms with Crippen LogP contribution in [0.4, 0.5) is 10.5 Å². The monoisotopic (exact) mass is 317 g/mol. The van der Waals surface area contributed by atoms with E-state index in [1.165, 1.54) is 13.3 Å². The van der Waals surface area contributed by atoms with E-state index in [-0.39, 0.29) is 6.54 Å². The summed E-state index contributed by atoms with van der Waals surface area (Å²) in [6.07, 6.45) is 0.679. The number of ether oxygens (including phenoxy) is 2. The van der Waals surface area contributed by atoms with Gasteiger partial charge in [0, 0.05) is 12.6 Å². The Morgan fingerprint density at radius 1 is 1.17 bits per heavy atom. The highest BCUT2D eigenvalue weighted by Crippen LogP contribution is 2.17. The summed E-state index contributed by atoms with van der Waals surface area (Å²) in [6, 6.07) is 9.88. The molecule has 2 amide bonds. The SMILES string of the molecule is COc1ccc([C@H](O)CNC(=O)Nc2ccc(OC)nc2)cc1. The van der Waals surface area contributed by atoms with Crippen LogP contribution in [-0.4, -0.2) is 36.9 Å². The smallest absolute Gasteiger partial charge is 0.319 e. The van der Waals surface area contributed by atoms with Gasteiger partial charge in [-0.15, -0.1) is 0 Å². The van der Waals surface area contributed by atoms with Gasteiger partial charge in [-0.2, -0.15) is 0 Å². The number of amides is 2. The van der Waals surface area contributed by atoms with E-state index in [0.29, 0.717) is 22.9 Å². The first-order chi connectivity index (χ1) is 11.1. The zero-order valence-corrected chi connectivity index (χ0v) is 12.9. The minimum atomic E-state index is -0.805. The van der Waals surface area contributed by atoms with Crippen LogP contribution in [0, 0.1) is 0 Å². The largest absolute Gasteiger partial charge is 0.497 e. The van der Waals surface area contributed by atoms with Gasteiger partial charge in [0.15, 0.2) is 0 Å². The van der Waals surface area contributed by atoms with Crippen molar-refractivity contribution in [3.63, 3.8) is 0 Å². The van der Waals surface area contributed by atoms with Gasteiger partial charge in [-0.05, 0) is 23.8 Å². The molecule has 1 aromatic carbocycles. The number of carbonyl (C=O) groups is 1. The quantitative estimate of drug-likeness (QED) is 0.757. The maximum Gasteiger partial charge on any atom is 0.319 e. The fourth-order valence-electron chi connectivity index (χ4n) is 1.88. The van der Waals surface area contributed by atoms with E-state index in [1.54, 1.807) is 43.5 Å². The molecule has 0 bridgehead atoms. The van der Waals surface area contributed by atoms with E-state index in [0.717, 1.165) is 0 Å². The third-order valence-corrected chi connectivity index (χ3v) is 3.16. The molecule has 2 rings (SSSR count). The standard InChI is InChI=1S/C16H19N3O4/c1-22-13-6-3-11(4-7-13)14(20)10-18-16(21)19-12-5-8-15(23-2)17-9-12/h3-9,14,20H,10H2,1-2H3,(H2,18,19,21)/t14-/m1/s1. The molecule has 2 aromatic rings. The van der Waals surface area contributed by atoms with Gasteiger partial charge in [0.2, 0.25) is 5.88 Å². The molecule has 0 aliphatic rings. The van der Waals surface area contributed by atoms with Crippen molar-refractivity contribution in [2.75, 3.05) is 26.1 Å². The van der Waals surface area contributed by atoms with E-state index in [1.807, 2.05) is 0 Å². The van der Waals surface area contributed by atoms with Crippen LogP contribution in [0.25, 0.3) is 0 Å². The highest BCUT2D eigenvalue weighted by atomic mass is 16.5. The number of benzene rings is 1. The number of hydrogen-bond donors (Lipinski definition) is 3. The molecule has 122 valence electrons. The molecule has 1 aromatic heterocycles. The van der Waals surface area contributed by atoms with Gasteiger partial charge in [0.1, 0.15) is 5.75 Å². The summed E-state index contributed by atoms with van der Waals surface area (Å²) in [4.78, 5) is 15.8. The number of anilines is 1. The number of nitrogens with one attached hydrogen (secondary N) is 2. The van der Waals surface area contributed by atoms with Crippen molar-refractivity contribution in [1.29, 1.82) is 0 Å². The summed E-state index contributed by atoms with van der Waals surface area (Å²) < 4.78 is 9.99. The van der Waals surface area contributed by atoms with Crippen LogP contribution in [0.5, 0.6) is 11.6 Å². The lowest BCUT2D eigenvalue weighted by atomic mass is 10.1. The Bertz CT molecular complexity index is 629. The maximum atomic E-state index is 11.8. The molecule has 0 aliphatic carbocycles. The molecule has 0 saturated carbocycles. The summed E-state index contributed by atoms with van der Waals surface area (Å²) in [7, 11) is 3.09. The summed E-state index contributed by atoms with van der Waals surface area (Å²) in [5.41, 5.74) is 1.22. The van der Waals surface area contributed by atoms with Crippen LogP contribution in [0.1, 0.15) is 11.7 Å². The van der Waals surface area contributed by atoms with Crippen molar-refractivity contribution < 1.29 is 19.4 Å². The first-order valence-corrected chi connectivity index (χ1v) is 6.99. The lowest BCUT2D eigenvalue weighted by Crippen LogP contribution is -2.32. The number of nitrogens with zero attached hydrogens (tertiary/aromatic N) is 1. The molecule has 23 heavy (non-hydrogen) atoms. The first-order valence-electron chi connectivity index (χ1n) is 6.99. The van der Waals surface area contributed by atoms with Crippen molar-refractivity contribution in [3.05, 3.63) is 48.2 Å². The molecule has 7 nitrogen and oxygen atoms in total. The van der Waals surface area contributed by atoms with Crippen LogP contribution in [-0.2, 0) is 0 Å². The van der Waals surface area contributed by atoms with Gasteiger partial charge in [-0.25, -0.2) is 9.78 Å². The van der Waals surface area contributed by atoms with Gasteiger partial charge >= 0.3 is 6.03 Å². The van der Waals surface area contributed by atoms with Crippen molar-refractivity contribution >= 4 is 11.7 Å². The predicted octanol–water partition coefficient (Wildman–Crippen LogP) is 1.95. The second-order valence-corrected chi connectivity index (χ2v) is 4.71. The molecular formula is C16H19N3O4. The molecule has 7 heteroatoms. The first kappa shape index (κ1) is 16.6. The van der Waals surface area contributed by atoms with E-state index >= 15 is 0 Å². The second kappa shape index (κ2) is 8.00. The number of aliphatic hydroxyl groups is 1. The number of carbonyl (C=O) groups excluding carboxylic acids is 1. The van der Waals surface area contributed by atoms with Crippen LogP contribution < -0.4 is 20.1 Å². The molecule has 0 aliphatic heterocycles. The second-order valence-electron chi connectivity index (χ2n) is 4.71. The van der Waals surface area contributed by atoms with Crippen molar-refractivity contribution in [2.45, 2.75) is 6.10 Å². The van der Waals surface area contributed by atoms with Gasteiger partial charge in [0.25, 0.3) is 0 Å². The highest BCUT2D eigenvalue weighted by Gasteiger charge is 2.10. The third kappa shape index (κ3) is 4.86.